The minimum atomic E-state index is 0. The van der Waals surface area contributed by atoms with Crippen molar-refractivity contribution in [2.75, 3.05) is 0 Å². The third-order valence-corrected chi connectivity index (χ3v) is 0. The average Bonchev–Trinajstić information content (AvgIpc) is 0. The largest absolute Gasteiger partial charge is 0.0776 e. The molecule has 0 saturated carbocycles. The molecule has 0 fully saturated rings. The molecule has 0 nitrogen and oxygen atoms in total. The fourth-order valence-corrected chi connectivity index (χ4v) is 0. The normalized spacial score (nSPS) is 0. The first-order valence-corrected chi connectivity index (χ1v) is 0. The van der Waals surface area contributed by atoms with Gasteiger partial charge in [0.25, 0.3) is 0 Å². The van der Waals surface area contributed by atoms with Crippen molar-refractivity contribution in [1.29, 1.82) is 0 Å². The summed E-state index contributed by atoms with van der Waals surface area (Å²) in [5, 5.41) is 0. The topological polar surface area (TPSA) is 0 Å². The van der Waals surface area contributed by atoms with Crippen LogP contribution >= 0.6 is 0 Å². The average molecular weight is 247 g/mol. The van der Waals surface area contributed by atoms with Crippen LogP contribution < -0.4 is 0 Å². The van der Waals surface area contributed by atoms with Crippen LogP contribution in [-0.4, -0.2) is 11.0 Å². The maximum Gasteiger partial charge on any atom is 0 e. The van der Waals surface area contributed by atoms with Gasteiger partial charge in [0, 0.05) is 66.5 Å². The molecule has 0 rings (SSSR count). The van der Waals surface area contributed by atoms with Gasteiger partial charge in [0.2, 0.25) is 0 Å². The van der Waals surface area contributed by atoms with Gasteiger partial charge < -0.3 is 0 Å². The first-order chi connectivity index (χ1) is 0. The van der Waals surface area contributed by atoms with Gasteiger partial charge in [-0.1, -0.05) is 7.43 Å². The van der Waals surface area contributed by atoms with Crippen molar-refractivity contribution in [2.45, 2.75) is 7.43 Å². The van der Waals surface area contributed by atoms with E-state index in [2.05, 4.69) is 0 Å². The maximum absolute atomic E-state index is 0. The molecule has 0 aromatic rings. The van der Waals surface area contributed by atoms with Crippen LogP contribution in [0.3, 0.4) is 0 Å². The molecule has 5 radical (unpaired) electrons. The first-order valence-electron chi connectivity index (χ1n) is 0. The molecule has 0 aliphatic rings. The molecule has 0 aliphatic heterocycles. The van der Waals surface area contributed by atoms with E-state index in [1.54, 1.807) is 0 Å². The third kappa shape index (κ3) is 24.4. The fraction of sp³-hybridized carbons (Fsp3) is 1.00. The molecule has 31 valence electrons. The first kappa shape index (κ1) is 64.5. The summed E-state index contributed by atoms with van der Waals surface area (Å²) in [4.78, 5) is 0. The van der Waals surface area contributed by atoms with Crippen LogP contribution in [-0.2, 0) is 55.5 Å². The molecule has 0 aliphatic carbocycles. The van der Waals surface area contributed by atoms with Crippen molar-refractivity contribution in [3.05, 3.63) is 0 Å². The van der Waals surface area contributed by atoms with Crippen molar-refractivity contribution in [1.82, 2.24) is 0 Å². The minimum Gasteiger partial charge on any atom is -0.0776 e. The minimum absolute atomic E-state index is 0. The molecule has 4 heteroatoms. The fourth-order valence-electron chi connectivity index (χ4n) is 0. The van der Waals surface area contributed by atoms with Crippen molar-refractivity contribution >= 4 is 11.0 Å². The maximum atomic E-state index is 0. The summed E-state index contributed by atoms with van der Waals surface area (Å²) in [7, 11) is 0. The van der Waals surface area contributed by atoms with Crippen molar-refractivity contribution < 1.29 is 55.5 Å². The Hall–Kier alpha value is 1.96. The van der Waals surface area contributed by atoms with Crippen LogP contribution in [0.15, 0.2) is 0 Å². The predicted octanol–water partition coefficient (Wildman–Crippen LogP) is 0.248. The molecule has 0 aromatic carbocycles. The summed E-state index contributed by atoms with van der Waals surface area (Å²) < 4.78 is 0. The zero-order valence-electron chi connectivity index (χ0n) is 1.69. The third-order valence-electron chi connectivity index (χ3n) is 0. The molecular weight excluding hydrogens is 243 g/mol. The molecule has 5 heavy (non-hydrogen) atoms. The van der Waals surface area contributed by atoms with Crippen LogP contribution in [0.25, 0.3) is 0 Å². The molecule has 0 amide bonds. The Labute approximate surface area is 73.4 Å². The van der Waals surface area contributed by atoms with E-state index in [1.807, 2.05) is 0 Å². The van der Waals surface area contributed by atoms with Gasteiger partial charge in [0.1, 0.15) is 0 Å². The summed E-state index contributed by atoms with van der Waals surface area (Å²) in [6, 6.07) is 0. The monoisotopic (exact) mass is 249 g/mol. The molecule has 0 heterocycles. The summed E-state index contributed by atoms with van der Waals surface area (Å²) in [5.41, 5.74) is 0. The number of hydrogen-bond donors (Lipinski definition) is 0. The van der Waals surface area contributed by atoms with E-state index in [0.717, 1.165) is 0 Å². The van der Waals surface area contributed by atoms with Gasteiger partial charge in [0.15, 0.2) is 0 Å². The Morgan fingerprint density at radius 1 is 1.00 bits per heavy atom. The standard InChI is InChI=1S/CH4.Cr.Mn.Mo.Si/h1H4;;;;. The summed E-state index contributed by atoms with van der Waals surface area (Å²) in [5.74, 6) is 0. The van der Waals surface area contributed by atoms with Crippen molar-refractivity contribution in [3.63, 3.8) is 0 Å². The smallest absolute Gasteiger partial charge is 0 e. The van der Waals surface area contributed by atoms with Gasteiger partial charge in [0.05, 0.1) is 0 Å². The second-order valence-corrected chi connectivity index (χ2v) is 0. The Morgan fingerprint density at radius 3 is 1.00 bits per heavy atom. The summed E-state index contributed by atoms with van der Waals surface area (Å²) in [6.45, 7) is 0. The van der Waals surface area contributed by atoms with E-state index in [0.29, 0.717) is 0 Å². The zero-order chi connectivity index (χ0) is 0. The molecule has 0 saturated heterocycles. The van der Waals surface area contributed by atoms with E-state index < -0.39 is 0 Å². The van der Waals surface area contributed by atoms with E-state index in [4.69, 9.17) is 0 Å². The summed E-state index contributed by atoms with van der Waals surface area (Å²) in [6.07, 6.45) is 0. The van der Waals surface area contributed by atoms with Crippen LogP contribution in [0.4, 0.5) is 0 Å². The molecule has 0 unspecified atom stereocenters. The van der Waals surface area contributed by atoms with Gasteiger partial charge in [-0.05, 0) is 0 Å². The predicted molar refractivity (Wildman–Crippen MR) is 12.5 cm³/mol. The quantitative estimate of drug-likeness (QED) is 0.538. The van der Waals surface area contributed by atoms with Crippen LogP contribution in [0.1, 0.15) is 7.43 Å². The van der Waals surface area contributed by atoms with Crippen LogP contribution in [0.5, 0.6) is 0 Å². The van der Waals surface area contributed by atoms with Gasteiger partial charge in [-0.25, -0.2) is 0 Å². The zero-order valence-corrected chi connectivity index (χ0v) is 7.16. The number of rotatable bonds is 0. The molecule has 0 spiro atoms. The van der Waals surface area contributed by atoms with E-state index in [-0.39, 0.29) is 73.9 Å². The Bertz CT molecular complexity index is 11.6. The van der Waals surface area contributed by atoms with E-state index in [1.165, 1.54) is 0 Å². The second kappa shape index (κ2) is 38.2. The van der Waals surface area contributed by atoms with Crippen LogP contribution in [0.2, 0.25) is 0 Å². The number of hydrogen-bond acceptors (Lipinski definition) is 0. The van der Waals surface area contributed by atoms with Gasteiger partial charge >= 0.3 is 0 Å². The molecular formula is CH4CrMnMoSi. The van der Waals surface area contributed by atoms with E-state index in [9.17, 15) is 0 Å². The summed E-state index contributed by atoms with van der Waals surface area (Å²) >= 11 is 0. The molecule has 0 atom stereocenters. The molecule has 0 bridgehead atoms. The molecule has 0 aromatic heterocycles. The van der Waals surface area contributed by atoms with Gasteiger partial charge in [-0.15, -0.1) is 0 Å². The second-order valence-electron chi connectivity index (χ2n) is 0. The van der Waals surface area contributed by atoms with Gasteiger partial charge in [-0.3, -0.25) is 0 Å². The SMILES string of the molecule is C.[Cr].[Mn].[Mo].[Si]. The van der Waals surface area contributed by atoms with Crippen LogP contribution in [0, 0.1) is 0 Å². The Morgan fingerprint density at radius 2 is 1.00 bits per heavy atom. The van der Waals surface area contributed by atoms with Crippen molar-refractivity contribution in [2.24, 2.45) is 0 Å². The Balaban J connectivity index is 0. The van der Waals surface area contributed by atoms with Gasteiger partial charge in [-0.2, -0.15) is 0 Å². The van der Waals surface area contributed by atoms with Crippen molar-refractivity contribution in [3.8, 4) is 0 Å². The Kier molecular flexibility index (Phi) is 493. The molecule has 0 N–H and O–H groups in total. The van der Waals surface area contributed by atoms with E-state index >= 15 is 0 Å².